The van der Waals surface area contributed by atoms with Crippen molar-refractivity contribution >= 4 is 34.4 Å². The van der Waals surface area contributed by atoms with E-state index in [2.05, 4.69) is 36.1 Å². The van der Waals surface area contributed by atoms with Crippen molar-refractivity contribution in [2.75, 3.05) is 11.1 Å². The van der Waals surface area contributed by atoms with Crippen LogP contribution in [0.25, 0.3) is 11.0 Å². The number of carbonyl (C=O) groups is 1. The Kier molecular flexibility index (Phi) is 3.71. The number of hydrogen-bond donors (Lipinski definition) is 3. The monoisotopic (exact) mass is 279 g/mol. The number of carbonyl (C=O) groups excluding carboxylic acids is 1. The number of aromatic nitrogens is 2. The molecule has 2 rings (SSSR count). The molecule has 0 bridgehead atoms. The highest BCUT2D eigenvalue weighted by atomic mass is 32.2. The van der Waals surface area contributed by atoms with Crippen molar-refractivity contribution < 1.29 is 4.79 Å². The molecule has 0 radical (unpaired) electrons. The summed E-state index contributed by atoms with van der Waals surface area (Å²) >= 11 is 1.59. The molecule has 0 saturated carbocycles. The van der Waals surface area contributed by atoms with Crippen LogP contribution >= 0.6 is 11.8 Å². The molecule has 19 heavy (non-hydrogen) atoms. The average molecular weight is 279 g/mol. The lowest BCUT2D eigenvalue weighted by Crippen LogP contribution is -2.18. The van der Waals surface area contributed by atoms with Gasteiger partial charge in [0.1, 0.15) is 0 Å². The van der Waals surface area contributed by atoms with Gasteiger partial charge in [-0.3, -0.25) is 4.79 Å². The predicted octanol–water partition coefficient (Wildman–Crippen LogP) is 2.33. The zero-order valence-electron chi connectivity index (χ0n) is 11.2. The molecule has 0 aliphatic heterocycles. The van der Waals surface area contributed by atoms with Gasteiger partial charge in [-0.25, -0.2) is 4.79 Å². The normalized spacial score (nSPS) is 11.7. The zero-order valence-corrected chi connectivity index (χ0v) is 12.0. The third-order valence-electron chi connectivity index (χ3n) is 2.44. The summed E-state index contributed by atoms with van der Waals surface area (Å²) in [5, 5.41) is 2.82. The number of aromatic amines is 2. The first kappa shape index (κ1) is 13.7. The summed E-state index contributed by atoms with van der Waals surface area (Å²) < 4.78 is 0.0627. The molecule has 2 aromatic rings. The van der Waals surface area contributed by atoms with Crippen LogP contribution < -0.4 is 11.0 Å². The van der Waals surface area contributed by atoms with Crippen molar-refractivity contribution in [3.8, 4) is 0 Å². The molecule has 1 amide bonds. The van der Waals surface area contributed by atoms with Gasteiger partial charge in [-0.15, -0.1) is 11.8 Å². The van der Waals surface area contributed by atoms with Gasteiger partial charge in [0.2, 0.25) is 5.91 Å². The lowest BCUT2D eigenvalue weighted by atomic mass is 10.3. The Morgan fingerprint density at radius 1 is 1.26 bits per heavy atom. The van der Waals surface area contributed by atoms with Gasteiger partial charge in [0.05, 0.1) is 16.8 Å². The number of amides is 1. The first-order valence-electron chi connectivity index (χ1n) is 5.99. The molecule has 0 aliphatic carbocycles. The second kappa shape index (κ2) is 5.13. The molecule has 0 fully saturated rings. The van der Waals surface area contributed by atoms with E-state index >= 15 is 0 Å². The number of thioether (sulfide) groups is 1. The number of anilines is 1. The first-order valence-corrected chi connectivity index (χ1v) is 6.98. The number of rotatable bonds is 3. The zero-order chi connectivity index (χ0) is 14.0. The maximum absolute atomic E-state index is 11.8. The maximum atomic E-state index is 11.8. The molecule has 102 valence electrons. The summed E-state index contributed by atoms with van der Waals surface area (Å²) in [6.07, 6.45) is 0. The highest BCUT2D eigenvalue weighted by Gasteiger charge is 2.13. The molecule has 6 heteroatoms. The molecule has 0 aliphatic rings. The van der Waals surface area contributed by atoms with E-state index in [0.717, 1.165) is 5.52 Å². The third-order valence-corrected chi connectivity index (χ3v) is 3.71. The number of nitrogens with one attached hydrogen (secondary N) is 3. The van der Waals surface area contributed by atoms with Crippen LogP contribution in [0.1, 0.15) is 20.8 Å². The van der Waals surface area contributed by atoms with Crippen LogP contribution in [0.2, 0.25) is 0 Å². The van der Waals surface area contributed by atoms with Crippen LogP contribution in [0.4, 0.5) is 5.69 Å². The maximum Gasteiger partial charge on any atom is 0.323 e. The number of benzene rings is 1. The van der Waals surface area contributed by atoms with Crippen molar-refractivity contribution in [3.05, 3.63) is 28.7 Å². The second-order valence-electron chi connectivity index (χ2n) is 5.29. The fourth-order valence-electron chi connectivity index (χ4n) is 1.59. The van der Waals surface area contributed by atoms with Crippen LogP contribution in [0, 0.1) is 0 Å². The summed E-state index contributed by atoms with van der Waals surface area (Å²) in [5.74, 6) is 0.364. The molecular formula is C13H17N3O2S. The quantitative estimate of drug-likeness (QED) is 0.807. The van der Waals surface area contributed by atoms with Gasteiger partial charge < -0.3 is 15.3 Å². The van der Waals surface area contributed by atoms with Crippen LogP contribution in [0.5, 0.6) is 0 Å². The minimum atomic E-state index is -0.248. The van der Waals surface area contributed by atoms with Gasteiger partial charge in [-0.2, -0.15) is 0 Å². The van der Waals surface area contributed by atoms with Crippen molar-refractivity contribution in [3.63, 3.8) is 0 Å². The molecule has 5 nitrogen and oxygen atoms in total. The Balaban J connectivity index is 2.04. The number of H-pyrrole nitrogens is 2. The standard InChI is InChI=1S/C13H17N3O2S/c1-13(2,3)19-7-11(17)14-8-4-5-9-10(6-8)16-12(18)15-9/h4-6H,7H2,1-3H3,(H,14,17)(H2,15,16,18). The number of hydrogen-bond acceptors (Lipinski definition) is 3. The van der Waals surface area contributed by atoms with E-state index in [1.54, 1.807) is 30.0 Å². The Morgan fingerprint density at radius 3 is 2.63 bits per heavy atom. The number of imidazole rings is 1. The van der Waals surface area contributed by atoms with Crippen LogP contribution in [0.15, 0.2) is 23.0 Å². The van der Waals surface area contributed by atoms with E-state index in [4.69, 9.17) is 0 Å². The SMILES string of the molecule is CC(C)(C)SCC(=O)Nc1ccc2[nH]c(=O)[nH]c2c1. The van der Waals surface area contributed by atoms with E-state index in [-0.39, 0.29) is 16.3 Å². The Hall–Kier alpha value is -1.69. The molecule has 1 aromatic heterocycles. The number of fused-ring (bicyclic) bond motifs is 1. The molecule has 1 heterocycles. The molecule has 0 atom stereocenters. The average Bonchev–Trinajstić information content (AvgIpc) is 2.65. The van der Waals surface area contributed by atoms with Gasteiger partial charge in [-0.05, 0) is 18.2 Å². The summed E-state index contributed by atoms with van der Waals surface area (Å²) in [4.78, 5) is 28.2. The molecule has 0 unspecified atom stereocenters. The third kappa shape index (κ3) is 3.89. The van der Waals surface area contributed by atoms with Crippen molar-refractivity contribution in [1.29, 1.82) is 0 Å². The fourth-order valence-corrected chi connectivity index (χ4v) is 2.23. The van der Waals surface area contributed by atoms with Crippen molar-refractivity contribution in [2.45, 2.75) is 25.5 Å². The summed E-state index contributed by atoms with van der Waals surface area (Å²) in [7, 11) is 0. The van der Waals surface area contributed by atoms with Gasteiger partial charge >= 0.3 is 5.69 Å². The van der Waals surface area contributed by atoms with E-state index in [1.165, 1.54) is 0 Å². The summed E-state index contributed by atoms with van der Waals surface area (Å²) in [6, 6.07) is 5.28. The first-order chi connectivity index (χ1) is 8.83. The Labute approximate surface area is 115 Å². The topological polar surface area (TPSA) is 77.8 Å². The van der Waals surface area contributed by atoms with E-state index < -0.39 is 0 Å². The van der Waals surface area contributed by atoms with Crippen molar-refractivity contribution in [2.24, 2.45) is 0 Å². The molecular weight excluding hydrogens is 262 g/mol. The van der Waals surface area contributed by atoms with E-state index in [1.807, 2.05) is 0 Å². The van der Waals surface area contributed by atoms with Crippen molar-refractivity contribution in [1.82, 2.24) is 9.97 Å². The van der Waals surface area contributed by atoms with Gasteiger partial charge in [-0.1, -0.05) is 20.8 Å². The highest BCUT2D eigenvalue weighted by Crippen LogP contribution is 2.23. The van der Waals surface area contributed by atoms with Gasteiger partial charge in [0.15, 0.2) is 0 Å². The fraction of sp³-hybridized carbons (Fsp3) is 0.385. The second-order valence-corrected chi connectivity index (χ2v) is 7.09. The minimum Gasteiger partial charge on any atom is -0.325 e. The highest BCUT2D eigenvalue weighted by molar-refractivity contribution is 8.01. The lowest BCUT2D eigenvalue weighted by Gasteiger charge is -2.16. The summed E-state index contributed by atoms with van der Waals surface area (Å²) in [5.41, 5.74) is 1.85. The lowest BCUT2D eigenvalue weighted by molar-refractivity contribution is -0.113. The minimum absolute atomic E-state index is 0.0443. The van der Waals surface area contributed by atoms with Gasteiger partial charge in [0, 0.05) is 10.4 Å². The van der Waals surface area contributed by atoms with Crippen LogP contribution in [-0.4, -0.2) is 26.4 Å². The van der Waals surface area contributed by atoms with Crippen LogP contribution in [-0.2, 0) is 4.79 Å². The Bertz CT molecular complexity index is 652. The van der Waals surface area contributed by atoms with Gasteiger partial charge in [0.25, 0.3) is 0 Å². The summed E-state index contributed by atoms with van der Waals surface area (Å²) in [6.45, 7) is 6.21. The van der Waals surface area contributed by atoms with E-state index in [0.29, 0.717) is 17.0 Å². The smallest absolute Gasteiger partial charge is 0.323 e. The molecule has 1 aromatic carbocycles. The molecule has 3 N–H and O–H groups in total. The molecule has 0 saturated heterocycles. The Morgan fingerprint density at radius 2 is 1.95 bits per heavy atom. The van der Waals surface area contributed by atoms with Crippen LogP contribution in [0.3, 0.4) is 0 Å². The largest absolute Gasteiger partial charge is 0.325 e. The van der Waals surface area contributed by atoms with E-state index in [9.17, 15) is 9.59 Å². The predicted molar refractivity (Wildman–Crippen MR) is 79.8 cm³/mol. The molecule has 0 spiro atoms.